The van der Waals surface area contributed by atoms with Crippen LogP contribution in [-0.2, 0) is 5.41 Å². The number of hydrogen-bond acceptors (Lipinski definition) is 2. The molecule has 0 fully saturated rings. The van der Waals surface area contributed by atoms with Crippen molar-refractivity contribution in [2.75, 3.05) is 6.54 Å². The number of phenolic OH excluding ortho intramolecular Hbond substituents is 1. The van der Waals surface area contributed by atoms with Crippen LogP contribution in [0, 0.1) is 6.92 Å². The van der Waals surface area contributed by atoms with Gasteiger partial charge >= 0.3 is 0 Å². The predicted molar refractivity (Wildman–Crippen MR) is 59.5 cm³/mol. The molecule has 0 bridgehead atoms. The Kier molecular flexibility index (Phi) is 3.17. The van der Waals surface area contributed by atoms with Gasteiger partial charge in [-0.3, -0.25) is 0 Å². The number of phenols is 1. The van der Waals surface area contributed by atoms with Crippen LogP contribution >= 0.6 is 0 Å². The van der Waals surface area contributed by atoms with Gasteiger partial charge in [0.15, 0.2) is 0 Å². The fourth-order valence-corrected chi connectivity index (χ4v) is 1.54. The van der Waals surface area contributed by atoms with Crippen molar-refractivity contribution in [2.24, 2.45) is 5.73 Å². The smallest absolute Gasteiger partial charge is 0.118 e. The second-order valence-electron chi connectivity index (χ2n) is 4.42. The third kappa shape index (κ3) is 2.26. The SMILES string of the molecule is Cc1ccc(C(C)(C)CCN)cc1O. The topological polar surface area (TPSA) is 46.2 Å². The van der Waals surface area contributed by atoms with Crippen LogP contribution in [0.3, 0.4) is 0 Å². The Bertz CT molecular complexity index is 318. The lowest BCUT2D eigenvalue weighted by Crippen LogP contribution is -2.21. The largest absolute Gasteiger partial charge is 0.508 e. The van der Waals surface area contributed by atoms with E-state index in [0.717, 1.165) is 17.5 Å². The predicted octanol–water partition coefficient (Wildman–Crippen LogP) is 2.33. The van der Waals surface area contributed by atoms with Gasteiger partial charge in [-0.2, -0.15) is 0 Å². The number of benzene rings is 1. The van der Waals surface area contributed by atoms with Crippen molar-refractivity contribution in [1.82, 2.24) is 0 Å². The zero-order valence-corrected chi connectivity index (χ0v) is 9.17. The highest BCUT2D eigenvalue weighted by molar-refractivity contribution is 5.38. The number of aryl methyl sites for hydroxylation is 1. The maximum Gasteiger partial charge on any atom is 0.118 e. The van der Waals surface area contributed by atoms with Gasteiger partial charge in [0.25, 0.3) is 0 Å². The molecule has 0 saturated carbocycles. The fraction of sp³-hybridized carbons (Fsp3) is 0.500. The van der Waals surface area contributed by atoms with Crippen LogP contribution in [0.1, 0.15) is 31.4 Å². The van der Waals surface area contributed by atoms with Crippen LogP contribution in [0.25, 0.3) is 0 Å². The standard InChI is InChI=1S/C12H19NO/c1-9-4-5-10(8-11(9)14)12(2,3)6-7-13/h4-5,8,14H,6-7,13H2,1-3H3. The molecule has 0 aliphatic heterocycles. The summed E-state index contributed by atoms with van der Waals surface area (Å²) >= 11 is 0. The maximum atomic E-state index is 9.60. The molecule has 3 N–H and O–H groups in total. The highest BCUT2D eigenvalue weighted by Crippen LogP contribution is 2.30. The number of nitrogens with two attached hydrogens (primary N) is 1. The molecule has 2 heteroatoms. The molecule has 0 unspecified atom stereocenters. The van der Waals surface area contributed by atoms with Crippen LogP contribution in [0.2, 0.25) is 0 Å². The van der Waals surface area contributed by atoms with Gasteiger partial charge in [0.1, 0.15) is 5.75 Å². The summed E-state index contributed by atoms with van der Waals surface area (Å²) in [4.78, 5) is 0. The Hall–Kier alpha value is -1.02. The van der Waals surface area contributed by atoms with Gasteiger partial charge in [0.05, 0.1) is 0 Å². The van der Waals surface area contributed by atoms with Gasteiger partial charge in [-0.05, 0) is 42.5 Å². The summed E-state index contributed by atoms with van der Waals surface area (Å²) in [5.41, 5.74) is 7.66. The Morgan fingerprint density at radius 2 is 2.00 bits per heavy atom. The summed E-state index contributed by atoms with van der Waals surface area (Å²) < 4.78 is 0. The van der Waals surface area contributed by atoms with E-state index in [1.165, 1.54) is 0 Å². The van der Waals surface area contributed by atoms with Crippen molar-refractivity contribution >= 4 is 0 Å². The second kappa shape index (κ2) is 4.01. The summed E-state index contributed by atoms with van der Waals surface area (Å²) in [7, 11) is 0. The maximum absolute atomic E-state index is 9.60. The van der Waals surface area contributed by atoms with Crippen molar-refractivity contribution in [1.29, 1.82) is 0 Å². The normalized spacial score (nSPS) is 11.7. The average Bonchev–Trinajstić information content (AvgIpc) is 2.09. The van der Waals surface area contributed by atoms with Gasteiger partial charge < -0.3 is 10.8 Å². The molecule has 14 heavy (non-hydrogen) atoms. The lowest BCUT2D eigenvalue weighted by molar-refractivity contribution is 0.457. The lowest BCUT2D eigenvalue weighted by atomic mass is 9.81. The van der Waals surface area contributed by atoms with Crippen molar-refractivity contribution in [3.05, 3.63) is 29.3 Å². The molecule has 0 saturated heterocycles. The Morgan fingerprint density at radius 3 is 2.50 bits per heavy atom. The molecular weight excluding hydrogens is 174 g/mol. The molecule has 78 valence electrons. The molecule has 1 aromatic carbocycles. The lowest BCUT2D eigenvalue weighted by Gasteiger charge is -2.24. The second-order valence-corrected chi connectivity index (χ2v) is 4.42. The summed E-state index contributed by atoms with van der Waals surface area (Å²) in [6.45, 7) is 6.85. The summed E-state index contributed by atoms with van der Waals surface area (Å²) in [5, 5.41) is 9.60. The van der Waals surface area contributed by atoms with Crippen LogP contribution in [0.4, 0.5) is 0 Å². The van der Waals surface area contributed by atoms with Gasteiger partial charge in [-0.1, -0.05) is 26.0 Å². The van der Waals surface area contributed by atoms with E-state index in [-0.39, 0.29) is 5.41 Å². The molecule has 0 aliphatic carbocycles. The van der Waals surface area contributed by atoms with Crippen LogP contribution < -0.4 is 5.73 Å². The molecule has 2 nitrogen and oxygen atoms in total. The van der Waals surface area contributed by atoms with Crippen LogP contribution in [0.15, 0.2) is 18.2 Å². The van der Waals surface area contributed by atoms with Crippen LogP contribution in [0.5, 0.6) is 5.75 Å². The highest BCUT2D eigenvalue weighted by atomic mass is 16.3. The molecule has 0 spiro atoms. The van der Waals surface area contributed by atoms with Crippen molar-refractivity contribution < 1.29 is 5.11 Å². The first-order chi connectivity index (χ1) is 6.47. The fourth-order valence-electron chi connectivity index (χ4n) is 1.54. The number of hydrogen-bond donors (Lipinski definition) is 2. The van der Waals surface area contributed by atoms with Crippen molar-refractivity contribution in [2.45, 2.75) is 32.6 Å². The summed E-state index contributed by atoms with van der Waals surface area (Å²) in [6, 6.07) is 5.85. The third-order valence-electron chi connectivity index (χ3n) is 2.76. The summed E-state index contributed by atoms with van der Waals surface area (Å²) in [5.74, 6) is 0.368. The first kappa shape index (κ1) is 11.1. The van der Waals surface area contributed by atoms with Gasteiger partial charge in [0.2, 0.25) is 0 Å². The Morgan fingerprint density at radius 1 is 1.36 bits per heavy atom. The zero-order valence-electron chi connectivity index (χ0n) is 9.17. The number of rotatable bonds is 3. The van der Waals surface area contributed by atoms with E-state index in [4.69, 9.17) is 5.73 Å². The first-order valence-electron chi connectivity index (χ1n) is 4.97. The quantitative estimate of drug-likeness (QED) is 0.774. The van der Waals surface area contributed by atoms with Gasteiger partial charge in [0, 0.05) is 0 Å². The van der Waals surface area contributed by atoms with Crippen molar-refractivity contribution in [3.8, 4) is 5.75 Å². The van der Waals surface area contributed by atoms with Crippen molar-refractivity contribution in [3.63, 3.8) is 0 Å². The summed E-state index contributed by atoms with van der Waals surface area (Å²) in [6.07, 6.45) is 0.926. The molecule has 0 radical (unpaired) electrons. The molecule has 1 aromatic rings. The average molecular weight is 193 g/mol. The van der Waals surface area contributed by atoms with E-state index in [2.05, 4.69) is 19.9 Å². The Labute approximate surface area is 85.8 Å². The highest BCUT2D eigenvalue weighted by Gasteiger charge is 2.19. The van der Waals surface area contributed by atoms with E-state index in [1.54, 1.807) is 0 Å². The van der Waals surface area contributed by atoms with Crippen LogP contribution in [-0.4, -0.2) is 11.7 Å². The minimum Gasteiger partial charge on any atom is -0.508 e. The Balaban J connectivity index is 3.01. The van der Waals surface area contributed by atoms with E-state index in [9.17, 15) is 5.11 Å². The monoisotopic (exact) mass is 193 g/mol. The van der Waals surface area contributed by atoms with Gasteiger partial charge in [-0.15, -0.1) is 0 Å². The zero-order chi connectivity index (χ0) is 10.8. The molecule has 1 rings (SSSR count). The van der Waals surface area contributed by atoms with E-state index >= 15 is 0 Å². The molecule has 0 atom stereocenters. The number of aromatic hydroxyl groups is 1. The third-order valence-corrected chi connectivity index (χ3v) is 2.76. The van der Waals surface area contributed by atoms with E-state index in [1.807, 2.05) is 19.1 Å². The van der Waals surface area contributed by atoms with Gasteiger partial charge in [-0.25, -0.2) is 0 Å². The molecule has 0 heterocycles. The minimum absolute atomic E-state index is 0.0416. The molecule has 0 aliphatic rings. The molecule has 0 aromatic heterocycles. The van der Waals surface area contributed by atoms with E-state index < -0.39 is 0 Å². The first-order valence-corrected chi connectivity index (χ1v) is 4.97. The molecular formula is C12H19NO. The minimum atomic E-state index is 0.0416. The molecule has 0 amide bonds. The van der Waals surface area contributed by atoms with E-state index in [0.29, 0.717) is 12.3 Å².